The summed E-state index contributed by atoms with van der Waals surface area (Å²) in [6.07, 6.45) is 0. The number of hydrogen-bond acceptors (Lipinski definition) is 8. The number of benzene rings is 1. The highest BCUT2D eigenvalue weighted by Crippen LogP contribution is 2.24. The van der Waals surface area contributed by atoms with E-state index in [2.05, 4.69) is 20.2 Å². The number of carbonyl (C=O) groups is 1. The lowest BCUT2D eigenvalue weighted by Crippen LogP contribution is -2.43. The van der Waals surface area contributed by atoms with Crippen LogP contribution in [0.25, 0.3) is 16.8 Å². The Balaban J connectivity index is 1.65. The molecule has 4 rings (SSSR count). The normalized spacial score (nSPS) is 11.6. The number of aromatic nitrogens is 6. The number of aromatic amines is 2. The van der Waals surface area contributed by atoms with Gasteiger partial charge in [0.25, 0.3) is 5.56 Å². The summed E-state index contributed by atoms with van der Waals surface area (Å²) in [5.74, 6) is 0.200. The molecule has 0 aliphatic rings. The number of H-pyrrole nitrogens is 2. The predicted octanol–water partition coefficient (Wildman–Crippen LogP) is 1.07. The second-order valence-corrected chi connectivity index (χ2v) is 9.03. The third-order valence-corrected chi connectivity index (χ3v) is 6.10. The number of nitrogens with two attached hydrogens (primary N) is 1. The van der Waals surface area contributed by atoms with Gasteiger partial charge in [0.1, 0.15) is 5.82 Å². The smallest absolute Gasteiger partial charge is 0.330 e. The van der Waals surface area contributed by atoms with E-state index in [1.165, 1.54) is 28.3 Å². The van der Waals surface area contributed by atoms with Gasteiger partial charge in [-0.1, -0.05) is 37.7 Å². The minimum Gasteiger partial charge on any atom is -0.383 e. The van der Waals surface area contributed by atoms with Crippen molar-refractivity contribution in [1.82, 2.24) is 29.1 Å². The van der Waals surface area contributed by atoms with Crippen LogP contribution in [0.5, 0.6) is 0 Å². The summed E-state index contributed by atoms with van der Waals surface area (Å²) in [6, 6.07) is 7.60. The number of methoxy groups -OCH3 is 1. The molecule has 0 radical (unpaired) electrons. The van der Waals surface area contributed by atoms with Crippen molar-refractivity contribution in [3.8, 4) is 0 Å². The minimum atomic E-state index is -0.722. The van der Waals surface area contributed by atoms with E-state index in [1.807, 2.05) is 42.5 Å². The van der Waals surface area contributed by atoms with Crippen LogP contribution in [0.2, 0.25) is 0 Å². The van der Waals surface area contributed by atoms with E-state index >= 15 is 0 Å². The first-order valence-electron chi connectivity index (χ1n) is 10.7. The Bertz CT molecular complexity index is 1450. The number of amides is 1. The van der Waals surface area contributed by atoms with Crippen molar-refractivity contribution in [2.24, 2.45) is 5.92 Å². The molecule has 0 aliphatic heterocycles. The molecule has 0 saturated heterocycles. The number of para-hydroxylation sites is 2. The second-order valence-electron chi connectivity index (χ2n) is 8.09. The summed E-state index contributed by atoms with van der Waals surface area (Å²) in [7, 11) is 1.50. The molecule has 0 saturated carbocycles. The van der Waals surface area contributed by atoms with E-state index < -0.39 is 11.2 Å². The molecule has 12 nitrogen and oxygen atoms in total. The SMILES string of the molecule is COCCN(C(=O)CSc1n[nH]c2nc3ccccc3n12)c1c(N)n(CC(C)C)c(=O)[nH]c1=O. The van der Waals surface area contributed by atoms with Crippen LogP contribution in [0.15, 0.2) is 39.0 Å². The number of carbonyl (C=O) groups excluding carboxylic acids is 1. The van der Waals surface area contributed by atoms with E-state index in [1.54, 1.807) is 0 Å². The van der Waals surface area contributed by atoms with Gasteiger partial charge in [0.15, 0.2) is 10.8 Å². The van der Waals surface area contributed by atoms with Crippen molar-refractivity contribution < 1.29 is 9.53 Å². The Kier molecular flexibility index (Phi) is 6.75. The van der Waals surface area contributed by atoms with Crippen LogP contribution in [-0.4, -0.2) is 61.1 Å². The van der Waals surface area contributed by atoms with Crippen LogP contribution in [0.1, 0.15) is 13.8 Å². The van der Waals surface area contributed by atoms with Gasteiger partial charge in [-0.3, -0.25) is 23.5 Å². The van der Waals surface area contributed by atoms with Crippen LogP contribution < -0.4 is 21.9 Å². The van der Waals surface area contributed by atoms with Gasteiger partial charge >= 0.3 is 5.69 Å². The largest absolute Gasteiger partial charge is 0.383 e. The standard InChI is InChI=1S/C21H26N8O4S/c1-12(2)10-28-17(22)16(18(31)24-20(28)32)27(8-9-33-3)15(30)11-34-21-26-25-19-23-13-6-4-5-7-14(13)29(19)21/h4-7,12H,8-11,22H2,1-3H3,(H,23,25)(H,24,31,32). The Labute approximate surface area is 198 Å². The van der Waals surface area contributed by atoms with E-state index in [0.717, 1.165) is 11.0 Å². The van der Waals surface area contributed by atoms with Gasteiger partial charge in [0.2, 0.25) is 11.7 Å². The first-order valence-corrected chi connectivity index (χ1v) is 11.7. The number of nitrogens with zero attached hydrogens (tertiary/aromatic N) is 5. The molecule has 1 amide bonds. The lowest BCUT2D eigenvalue weighted by molar-refractivity contribution is -0.116. The molecule has 4 N–H and O–H groups in total. The average molecular weight is 487 g/mol. The summed E-state index contributed by atoms with van der Waals surface area (Å²) in [5.41, 5.74) is 6.49. The van der Waals surface area contributed by atoms with Gasteiger partial charge in [0.05, 0.1) is 23.4 Å². The molecule has 0 fully saturated rings. The first kappa shape index (κ1) is 23.6. The lowest BCUT2D eigenvalue weighted by Gasteiger charge is -2.24. The van der Waals surface area contributed by atoms with Crippen molar-refractivity contribution >= 4 is 46.0 Å². The molecule has 180 valence electrons. The molecule has 0 spiro atoms. The molecule has 3 heterocycles. The fourth-order valence-corrected chi connectivity index (χ4v) is 4.50. The molecule has 0 atom stereocenters. The van der Waals surface area contributed by atoms with Crippen LogP contribution >= 0.6 is 11.8 Å². The van der Waals surface area contributed by atoms with Gasteiger partial charge in [-0.2, -0.15) is 0 Å². The maximum atomic E-state index is 13.3. The Morgan fingerprint density at radius 2 is 2.06 bits per heavy atom. The molecule has 4 aromatic rings. The number of anilines is 2. The predicted molar refractivity (Wildman–Crippen MR) is 130 cm³/mol. The number of fused-ring (bicyclic) bond motifs is 3. The fourth-order valence-electron chi connectivity index (χ4n) is 3.67. The quantitative estimate of drug-likeness (QED) is 0.297. The summed E-state index contributed by atoms with van der Waals surface area (Å²) < 4.78 is 8.24. The number of ether oxygens (including phenoxy) is 1. The van der Waals surface area contributed by atoms with Crippen molar-refractivity contribution in [2.45, 2.75) is 25.5 Å². The summed E-state index contributed by atoms with van der Waals surface area (Å²) in [5, 5.41) is 7.69. The average Bonchev–Trinajstić information content (AvgIpc) is 3.36. The number of thioether (sulfide) groups is 1. The first-order chi connectivity index (χ1) is 16.3. The number of rotatable bonds is 9. The van der Waals surface area contributed by atoms with E-state index in [4.69, 9.17) is 10.5 Å². The zero-order valence-electron chi connectivity index (χ0n) is 19.1. The summed E-state index contributed by atoms with van der Waals surface area (Å²) in [6.45, 7) is 4.41. The maximum Gasteiger partial charge on any atom is 0.330 e. The summed E-state index contributed by atoms with van der Waals surface area (Å²) >= 11 is 1.20. The fraction of sp³-hybridized carbons (Fsp3) is 0.381. The molecule has 34 heavy (non-hydrogen) atoms. The third kappa shape index (κ3) is 4.43. The Hall–Kier alpha value is -3.58. The molecule has 13 heteroatoms. The summed E-state index contributed by atoms with van der Waals surface area (Å²) in [4.78, 5) is 46.3. The molecule has 3 aromatic heterocycles. The van der Waals surface area contributed by atoms with Gasteiger partial charge in [-0.15, -0.1) is 5.10 Å². The molecule has 0 bridgehead atoms. The van der Waals surface area contributed by atoms with Gasteiger partial charge < -0.3 is 15.4 Å². The topological polar surface area (TPSA) is 156 Å². The Morgan fingerprint density at radius 3 is 2.79 bits per heavy atom. The van der Waals surface area contributed by atoms with Crippen LogP contribution in [0.4, 0.5) is 11.5 Å². The molecule has 0 aliphatic carbocycles. The van der Waals surface area contributed by atoms with E-state index in [9.17, 15) is 14.4 Å². The molecular weight excluding hydrogens is 460 g/mol. The molecule has 0 unspecified atom stereocenters. The van der Waals surface area contributed by atoms with Crippen molar-refractivity contribution in [3.63, 3.8) is 0 Å². The highest BCUT2D eigenvalue weighted by atomic mass is 32.2. The van der Waals surface area contributed by atoms with E-state index in [-0.39, 0.29) is 42.2 Å². The molecular formula is C21H26N8O4S. The highest BCUT2D eigenvalue weighted by Gasteiger charge is 2.25. The maximum absolute atomic E-state index is 13.3. The third-order valence-electron chi connectivity index (χ3n) is 5.18. The number of hydrogen-bond donors (Lipinski definition) is 3. The number of nitrogen functional groups attached to an aromatic ring is 1. The number of imidazole rings is 1. The van der Waals surface area contributed by atoms with E-state index in [0.29, 0.717) is 17.5 Å². The highest BCUT2D eigenvalue weighted by molar-refractivity contribution is 7.99. The van der Waals surface area contributed by atoms with Gasteiger partial charge in [-0.25, -0.2) is 14.9 Å². The van der Waals surface area contributed by atoms with Gasteiger partial charge in [0, 0.05) is 20.2 Å². The van der Waals surface area contributed by atoms with Crippen LogP contribution in [-0.2, 0) is 16.1 Å². The zero-order valence-corrected chi connectivity index (χ0v) is 19.9. The number of nitrogens with one attached hydrogen (secondary N) is 2. The minimum absolute atomic E-state index is 0.0294. The second kappa shape index (κ2) is 9.73. The lowest BCUT2D eigenvalue weighted by atomic mass is 10.2. The van der Waals surface area contributed by atoms with Crippen LogP contribution in [0, 0.1) is 5.92 Å². The zero-order chi connectivity index (χ0) is 24.4. The van der Waals surface area contributed by atoms with Crippen molar-refractivity contribution in [1.29, 1.82) is 0 Å². The van der Waals surface area contributed by atoms with Crippen LogP contribution in [0.3, 0.4) is 0 Å². The van der Waals surface area contributed by atoms with Crippen molar-refractivity contribution in [2.75, 3.05) is 36.6 Å². The van der Waals surface area contributed by atoms with Crippen molar-refractivity contribution in [3.05, 3.63) is 45.1 Å². The van der Waals surface area contributed by atoms with Gasteiger partial charge in [-0.05, 0) is 18.1 Å². The monoisotopic (exact) mass is 486 g/mol. The Morgan fingerprint density at radius 1 is 1.29 bits per heavy atom. The molecule has 1 aromatic carbocycles.